The summed E-state index contributed by atoms with van der Waals surface area (Å²) in [5, 5.41) is 0. The molecule has 0 amide bonds. The predicted molar refractivity (Wildman–Crippen MR) is 115 cm³/mol. The zero-order chi connectivity index (χ0) is 21.3. The average molecular weight is 412 g/mol. The second-order valence-corrected chi connectivity index (χ2v) is 8.65. The molecule has 1 aliphatic heterocycles. The van der Waals surface area contributed by atoms with E-state index in [4.69, 9.17) is 9.47 Å². The Bertz CT molecular complexity index is 922. The van der Waals surface area contributed by atoms with Crippen LogP contribution in [0.2, 0.25) is 0 Å². The summed E-state index contributed by atoms with van der Waals surface area (Å²) in [4.78, 5) is 15.5. The van der Waals surface area contributed by atoms with Crippen molar-refractivity contribution < 1.29 is 18.7 Å². The molecular formula is C25H30FNO3. The standard InChI is InChI=1S/C25H30FNO3/c1-17-22-20(13-21(29-2)23(17)30-3)15-25(26,24(22)28)14-18-9-11-27(12-10-18)16-19-7-5-4-6-8-19/h4-8,13,18H,9-12,14-16H2,1-3H3. The van der Waals surface area contributed by atoms with Crippen molar-refractivity contribution >= 4 is 5.78 Å². The van der Waals surface area contributed by atoms with Crippen molar-refractivity contribution in [1.29, 1.82) is 0 Å². The minimum Gasteiger partial charge on any atom is -0.493 e. The number of likely N-dealkylation sites (tertiary alicyclic amines) is 1. The third kappa shape index (κ3) is 3.83. The van der Waals surface area contributed by atoms with Crippen LogP contribution < -0.4 is 9.47 Å². The van der Waals surface area contributed by atoms with Crippen molar-refractivity contribution in [3.63, 3.8) is 0 Å². The summed E-state index contributed by atoms with van der Waals surface area (Å²) >= 11 is 0. The molecule has 4 nitrogen and oxygen atoms in total. The van der Waals surface area contributed by atoms with Crippen molar-refractivity contribution in [2.75, 3.05) is 27.3 Å². The van der Waals surface area contributed by atoms with Gasteiger partial charge in [0.2, 0.25) is 5.78 Å². The third-order valence-electron chi connectivity index (χ3n) is 6.66. The number of methoxy groups -OCH3 is 2. The lowest BCUT2D eigenvalue weighted by atomic mass is 9.83. The number of carbonyl (C=O) groups excluding carboxylic acids is 1. The average Bonchev–Trinajstić information content (AvgIpc) is 3.00. The Labute approximate surface area is 178 Å². The Morgan fingerprint density at radius 3 is 2.47 bits per heavy atom. The summed E-state index contributed by atoms with van der Waals surface area (Å²) in [6.07, 6.45) is 2.28. The van der Waals surface area contributed by atoms with Crippen LogP contribution >= 0.6 is 0 Å². The summed E-state index contributed by atoms with van der Waals surface area (Å²) in [5.41, 5.74) is 1.37. The number of piperidine rings is 1. The zero-order valence-electron chi connectivity index (χ0n) is 18.0. The molecule has 1 saturated heterocycles. The molecule has 0 saturated carbocycles. The predicted octanol–water partition coefficient (Wildman–Crippen LogP) is 4.76. The maximum atomic E-state index is 15.9. The summed E-state index contributed by atoms with van der Waals surface area (Å²) in [6.45, 7) is 4.62. The lowest BCUT2D eigenvalue weighted by Gasteiger charge is -2.34. The van der Waals surface area contributed by atoms with E-state index in [2.05, 4.69) is 29.2 Å². The van der Waals surface area contributed by atoms with Gasteiger partial charge in [-0.15, -0.1) is 0 Å². The third-order valence-corrected chi connectivity index (χ3v) is 6.66. The highest BCUT2D eigenvalue weighted by Gasteiger charge is 2.49. The van der Waals surface area contributed by atoms with Crippen molar-refractivity contribution in [2.45, 2.75) is 44.8 Å². The number of fused-ring (bicyclic) bond motifs is 1. The molecule has 1 atom stereocenters. The first-order valence-corrected chi connectivity index (χ1v) is 10.7. The van der Waals surface area contributed by atoms with Crippen LogP contribution in [0.3, 0.4) is 0 Å². The number of ketones is 1. The summed E-state index contributed by atoms with van der Waals surface area (Å²) < 4.78 is 26.7. The molecule has 0 bridgehead atoms. The van der Waals surface area contributed by atoms with Gasteiger partial charge in [0.05, 0.1) is 14.2 Å². The number of halogens is 1. The van der Waals surface area contributed by atoms with Gasteiger partial charge in [0.25, 0.3) is 0 Å². The monoisotopic (exact) mass is 411 g/mol. The van der Waals surface area contributed by atoms with Crippen LogP contribution in [0.4, 0.5) is 4.39 Å². The normalized spacial score (nSPS) is 22.2. The first-order chi connectivity index (χ1) is 14.4. The second-order valence-electron chi connectivity index (χ2n) is 8.65. The number of rotatable bonds is 6. The maximum Gasteiger partial charge on any atom is 0.201 e. The number of ether oxygens (including phenoxy) is 2. The fourth-order valence-corrected chi connectivity index (χ4v) is 5.11. The fourth-order valence-electron chi connectivity index (χ4n) is 5.11. The van der Waals surface area contributed by atoms with E-state index in [0.717, 1.165) is 38.0 Å². The number of alkyl halides is 1. The van der Waals surface area contributed by atoms with Crippen molar-refractivity contribution in [3.05, 3.63) is 58.7 Å². The molecule has 1 aliphatic carbocycles. The minimum atomic E-state index is -1.82. The molecule has 1 unspecified atom stereocenters. The molecule has 1 fully saturated rings. The summed E-state index contributed by atoms with van der Waals surface area (Å²) in [6, 6.07) is 12.2. The number of Topliss-reactive ketones (excluding diaryl/α,β-unsaturated/α-hetero) is 1. The Balaban J connectivity index is 1.43. The quantitative estimate of drug-likeness (QED) is 0.687. The SMILES string of the molecule is COc1cc2c(c(C)c1OC)C(=O)C(F)(CC1CCN(Cc3ccccc3)CC1)C2. The molecule has 2 aromatic rings. The lowest BCUT2D eigenvalue weighted by Crippen LogP contribution is -2.39. The fraction of sp³-hybridized carbons (Fsp3) is 0.480. The molecule has 1 heterocycles. The van der Waals surface area contributed by atoms with E-state index in [1.807, 2.05) is 13.0 Å². The van der Waals surface area contributed by atoms with E-state index in [1.54, 1.807) is 20.3 Å². The van der Waals surface area contributed by atoms with E-state index < -0.39 is 5.67 Å². The molecule has 4 rings (SSSR count). The number of hydrogen-bond donors (Lipinski definition) is 0. The molecule has 30 heavy (non-hydrogen) atoms. The Hall–Kier alpha value is -2.40. The number of hydrogen-bond acceptors (Lipinski definition) is 4. The van der Waals surface area contributed by atoms with E-state index in [9.17, 15) is 4.79 Å². The van der Waals surface area contributed by atoms with Gasteiger partial charge in [0.1, 0.15) is 0 Å². The maximum absolute atomic E-state index is 15.9. The van der Waals surface area contributed by atoms with Crippen LogP contribution in [0.1, 0.15) is 46.3 Å². The molecule has 0 spiro atoms. The molecule has 2 aromatic carbocycles. The van der Waals surface area contributed by atoms with Crippen LogP contribution in [-0.2, 0) is 13.0 Å². The highest BCUT2D eigenvalue weighted by molar-refractivity contribution is 6.08. The van der Waals surface area contributed by atoms with Crippen LogP contribution in [0, 0.1) is 12.8 Å². The smallest absolute Gasteiger partial charge is 0.201 e. The lowest BCUT2D eigenvalue weighted by molar-refractivity contribution is 0.0587. The molecule has 0 aromatic heterocycles. The molecule has 160 valence electrons. The molecule has 2 aliphatic rings. The molecular weight excluding hydrogens is 381 g/mol. The minimum absolute atomic E-state index is 0.132. The van der Waals surface area contributed by atoms with E-state index in [0.29, 0.717) is 29.0 Å². The largest absolute Gasteiger partial charge is 0.493 e. The number of nitrogens with zero attached hydrogens (tertiary/aromatic N) is 1. The van der Waals surface area contributed by atoms with Crippen molar-refractivity contribution in [3.8, 4) is 11.5 Å². The van der Waals surface area contributed by atoms with Gasteiger partial charge in [-0.3, -0.25) is 9.69 Å². The Morgan fingerprint density at radius 2 is 1.83 bits per heavy atom. The van der Waals surface area contributed by atoms with Crippen LogP contribution in [0.5, 0.6) is 11.5 Å². The van der Waals surface area contributed by atoms with E-state index in [1.165, 1.54) is 5.56 Å². The molecule has 0 N–H and O–H groups in total. The summed E-state index contributed by atoms with van der Waals surface area (Å²) in [7, 11) is 3.11. The first kappa shape index (κ1) is 20.9. The first-order valence-electron chi connectivity index (χ1n) is 10.7. The molecule has 0 radical (unpaired) electrons. The van der Waals surface area contributed by atoms with Gasteiger partial charge < -0.3 is 9.47 Å². The Kier molecular flexibility index (Phi) is 5.83. The topological polar surface area (TPSA) is 38.8 Å². The van der Waals surface area contributed by atoms with Gasteiger partial charge in [0, 0.05) is 24.1 Å². The Morgan fingerprint density at radius 1 is 1.13 bits per heavy atom. The summed E-state index contributed by atoms with van der Waals surface area (Å²) in [5.74, 6) is 0.912. The van der Waals surface area contributed by atoms with Gasteiger partial charge in [0.15, 0.2) is 17.2 Å². The van der Waals surface area contributed by atoms with Crippen molar-refractivity contribution in [1.82, 2.24) is 4.90 Å². The highest BCUT2D eigenvalue weighted by atomic mass is 19.1. The zero-order valence-corrected chi connectivity index (χ0v) is 18.0. The van der Waals surface area contributed by atoms with Gasteiger partial charge >= 0.3 is 0 Å². The van der Waals surface area contributed by atoms with E-state index in [-0.39, 0.29) is 18.1 Å². The number of benzene rings is 2. The van der Waals surface area contributed by atoms with E-state index >= 15 is 4.39 Å². The van der Waals surface area contributed by atoms with Crippen LogP contribution in [-0.4, -0.2) is 43.7 Å². The van der Waals surface area contributed by atoms with Gasteiger partial charge in [-0.05, 0) is 62.4 Å². The van der Waals surface area contributed by atoms with Crippen LogP contribution in [0.15, 0.2) is 36.4 Å². The van der Waals surface area contributed by atoms with Crippen molar-refractivity contribution in [2.24, 2.45) is 5.92 Å². The molecule has 5 heteroatoms. The highest BCUT2D eigenvalue weighted by Crippen LogP contribution is 2.46. The van der Waals surface area contributed by atoms with Crippen LogP contribution in [0.25, 0.3) is 0 Å². The van der Waals surface area contributed by atoms with Gasteiger partial charge in [-0.1, -0.05) is 30.3 Å². The van der Waals surface area contributed by atoms with Gasteiger partial charge in [-0.25, -0.2) is 4.39 Å². The second kappa shape index (κ2) is 8.38. The number of carbonyl (C=O) groups is 1. The van der Waals surface area contributed by atoms with Gasteiger partial charge in [-0.2, -0.15) is 0 Å².